The molecule has 0 aromatic heterocycles. The second-order valence-electron chi connectivity index (χ2n) is 6.09. The van der Waals surface area contributed by atoms with Crippen molar-refractivity contribution in [3.05, 3.63) is 53.1 Å². The first-order valence-corrected chi connectivity index (χ1v) is 8.56. The standard InChI is InChI=1S/C19H22ClN3O3/c1-13-4-5-14(20)10-17(13)22-19(25)12-23(2)11-18(24)21-15-6-8-16(26-3)9-7-15/h4-10H,11-12H2,1-3H3,(H,21,24)(H,22,25)/p+1. The van der Waals surface area contributed by atoms with Crippen molar-refractivity contribution in [2.75, 3.05) is 37.9 Å². The predicted molar refractivity (Wildman–Crippen MR) is 103 cm³/mol. The van der Waals surface area contributed by atoms with Crippen LogP contribution in [-0.4, -0.2) is 39.1 Å². The van der Waals surface area contributed by atoms with Crippen molar-refractivity contribution in [2.24, 2.45) is 0 Å². The molecule has 2 amide bonds. The Labute approximate surface area is 158 Å². The molecule has 6 nitrogen and oxygen atoms in total. The Morgan fingerprint density at radius 3 is 2.27 bits per heavy atom. The van der Waals surface area contributed by atoms with E-state index < -0.39 is 0 Å². The predicted octanol–water partition coefficient (Wildman–Crippen LogP) is 1.75. The van der Waals surface area contributed by atoms with Crippen LogP contribution in [0.2, 0.25) is 5.02 Å². The van der Waals surface area contributed by atoms with Gasteiger partial charge in [0.15, 0.2) is 13.1 Å². The van der Waals surface area contributed by atoms with Gasteiger partial charge in [-0.3, -0.25) is 9.59 Å². The molecule has 0 saturated heterocycles. The van der Waals surface area contributed by atoms with E-state index in [0.29, 0.717) is 16.4 Å². The first-order valence-electron chi connectivity index (χ1n) is 8.18. The molecule has 1 unspecified atom stereocenters. The zero-order valence-electron chi connectivity index (χ0n) is 15.1. The third kappa shape index (κ3) is 6.06. The Balaban J connectivity index is 1.82. The van der Waals surface area contributed by atoms with E-state index in [1.165, 1.54) is 0 Å². The van der Waals surface area contributed by atoms with Crippen molar-refractivity contribution < 1.29 is 19.2 Å². The largest absolute Gasteiger partial charge is 0.497 e. The number of ether oxygens (including phenoxy) is 1. The second kappa shape index (κ2) is 9.22. The number of amides is 2. The molecule has 0 fully saturated rings. The van der Waals surface area contributed by atoms with Crippen LogP contribution in [-0.2, 0) is 9.59 Å². The van der Waals surface area contributed by atoms with E-state index in [1.54, 1.807) is 50.6 Å². The smallest absolute Gasteiger partial charge is 0.279 e. The van der Waals surface area contributed by atoms with E-state index >= 15 is 0 Å². The summed E-state index contributed by atoms with van der Waals surface area (Å²) in [6, 6.07) is 12.4. The van der Waals surface area contributed by atoms with Crippen LogP contribution in [0.15, 0.2) is 42.5 Å². The molecule has 0 aliphatic carbocycles. The van der Waals surface area contributed by atoms with E-state index in [4.69, 9.17) is 16.3 Å². The van der Waals surface area contributed by atoms with Gasteiger partial charge in [0.1, 0.15) is 5.75 Å². The highest BCUT2D eigenvalue weighted by atomic mass is 35.5. The number of aryl methyl sites for hydroxylation is 1. The van der Waals surface area contributed by atoms with Crippen LogP contribution in [0, 0.1) is 6.92 Å². The normalized spacial score (nSPS) is 11.5. The maximum atomic E-state index is 12.2. The van der Waals surface area contributed by atoms with Crippen molar-refractivity contribution in [3.63, 3.8) is 0 Å². The summed E-state index contributed by atoms with van der Waals surface area (Å²) in [4.78, 5) is 25.1. The van der Waals surface area contributed by atoms with Gasteiger partial charge in [-0.05, 0) is 48.9 Å². The summed E-state index contributed by atoms with van der Waals surface area (Å²) in [5.41, 5.74) is 2.29. The molecule has 0 bridgehead atoms. The van der Waals surface area contributed by atoms with Crippen LogP contribution in [0.4, 0.5) is 11.4 Å². The highest BCUT2D eigenvalue weighted by molar-refractivity contribution is 6.31. The lowest BCUT2D eigenvalue weighted by Gasteiger charge is -2.14. The highest BCUT2D eigenvalue weighted by Gasteiger charge is 2.15. The summed E-state index contributed by atoms with van der Waals surface area (Å²) < 4.78 is 5.08. The van der Waals surface area contributed by atoms with Crippen LogP contribution in [0.3, 0.4) is 0 Å². The third-order valence-corrected chi connectivity index (χ3v) is 4.01. The van der Waals surface area contributed by atoms with Crippen LogP contribution in [0.1, 0.15) is 5.56 Å². The van der Waals surface area contributed by atoms with Crippen molar-refractivity contribution in [1.82, 2.24) is 0 Å². The molecule has 26 heavy (non-hydrogen) atoms. The zero-order valence-corrected chi connectivity index (χ0v) is 15.8. The lowest BCUT2D eigenvalue weighted by Crippen LogP contribution is -3.11. The summed E-state index contributed by atoms with van der Waals surface area (Å²) in [5, 5.41) is 6.19. The van der Waals surface area contributed by atoms with Gasteiger partial charge in [0.25, 0.3) is 11.8 Å². The summed E-state index contributed by atoms with van der Waals surface area (Å²) in [7, 11) is 3.37. The van der Waals surface area contributed by atoms with Gasteiger partial charge in [-0.1, -0.05) is 17.7 Å². The van der Waals surface area contributed by atoms with E-state index in [-0.39, 0.29) is 24.9 Å². The Kier molecular flexibility index (Phi) is 7.00. The van der Waals surface area contributed by atoms with Gasteiger partial charge in [-0.15, -0.1) is 0 Å². The lowest BCUT2D eigenvalue weighted by atomic mass is 10.2. The zero-order chi connectivity index (χ0) is 19.1. The summed E-state index contributed by atoms with van der Waals surface area (Å²) in [6.07, 6.45) is 0. The molecule has 3 N–H and O–H groups in total. The number of nitrogens with one attached hydrogen (secondary N) is 3. The van der Waals surface area contributed by atoms with Gasteiger partial charge in [0.05, 0.1) is 14.2 Å². The van der Waals surface area contributed by atoms with Gasteiger partial charge < -0.3 is 20.3 Å². The number of carbonyl (C=O) groups is 2. The van der Waals surface area contributed by atoms with Crippen LogP contribution >= 0.6 is 11.6 Å². The van der Waals surface area contributed by atoms with E-state index in [0.717, 1.165) is 16.2 Å². The number of methoxy groups -OCH3 is 1. The summed E-state index contributed by atoms with van der Waals surface area (Å²) in [6.45, 7) is 2.24. The quantitative estimate of drug-likeness (QED) is 0.689. The van der Waals surface area contributed by atoms with E-state index in [9.17, 15) is 9.59 Å². The Morgan fingerprint density at radius 1 is 1.04 bits per heavy atom. The minimum Gasteiger partial charge on any atom is -0.497 e. The molecular formula is C19H23ClN3O3+. The van der Waals surface area contributed by atoms with E-state index in [1.807, 2.05) is 13.0 Å². The molecule has 0 spiro atoms. The number of halogens is 1. The fourth-order valence-corrected chi connectivity index (χ4v) is 2.59. The number of likely N-dealkylation sites (N-methyl/N-ethyl adjacent to an activating group) is 1. The van der Waals surface area contributed by atoms with Crippen molar-refractivity contribution >= 4 is 34.8 Å². The molecule has 0 aliphatic heterocycles. The first-order chi connectivity index (χ1) is 12.4. The van der Waals surface area contributed by atoms with Gasteiger partial charge >= 0.3 is 0 Å². The van der Waals surface area contributed by atoms with Gasteiger partial charge in [-0.2, -0.15) is 0 Å². The molecule has 0 heterocycles. The fraction of sp³-hybridized carbons (Fsp3) is 0.263. The Morgan fingerprint density at radius 2 is 1.65 bits per heavy atom. The second-order valence-corrected chi connectivity index (χ2v) is 6.53. The van der Waals surface area contributed by atoms with Crippen molar-refractivity contribution in [2.45, 2.75) is 6.92 Å². The van der Waals surface area contributed by atoms with Gasteiger partial charge in [-0.25, -0.2) is 0 Å². The number of rotatable bonds is 7. The molecule has 7 heteroatoms. The molecule has 2 aromatic carbocycles. The molecule has 2 aromatic rings. The number of hydrogen-bond donors (Lipinski definition) is 3. The Hall–Kier alpha value is -2.57. The highest BCUT2D eigenvalue weighted by Crippen LogP contribution is 2.19. The monoisotopic (exact) mass is 376 g/mol. The van der Waals surface area contributed by atoms with Gasteiger partial charge in [0.2, 0.25) is 0 Å². The summed E-state index contributed by atoms with van der Waals surface area (Å²) >= 11 is 5.95. The van der Waals surface area contributed by atoms with Crippen LogP contribution in [0.25, 0.3) is 0 Å². The average molecular weight is 377 g/mol. The maximum Gasteiger partial charge on any atom is 0.279 e. The number of quaternary nitrogens is 1. The molecule has 0 aliphatic rings. The molecule has 0 radical (unpaired) electrons. The first kappa shape index (κ1) is 19.8. The molecule has 2 rings (SSSR count). The minimum absolute atomic E-state index is 0.167. The average Bonchev–Trinajstić information content (AvgIpc) is 2.58. The van der Waals surface area contributed by atoms with Crippen LogP contribution in [0.5, 0.6) is 5.75 Å². The van der Waals surface area contributed by atoms with Crippen LogP contribution < -0.4 is 20.3 Å². The SMILES string of the molecule is COc1ccc(NC(=O)C[NH+](C)CC(=O)Nc2cc(Cl)ccc2C)cc1. The molecule has 1 atom stereocenters. The summed E-state index contributed by atoms with van der Waals surface area (Å²) in [5.74, 6) is 0.378. The number of hydrogen-bond acceptors (Lipinski definition) is 3. The number of carbonyl (C=O) groups excluding carboxylic acids is 2. The molecule has 138 valence electrons. The topological polar surface area (TPSA) is 71.9 Å². The number of benzene rings is 2. The van der Waals surface area contributed by atoms with Gasteiger partial charge in [0, 0.05) is 16.4 Å². The lowest BCUT2D eigenvalue weighted by molar-refractivity contribution is -0.862. The minimum atomic E-state index is -0.176. The molecule has 0 saturated carbocycles. The number of anilines is 2. The maximum absolute atomic E-state index is 12.2. The van der Waals surface area contributed by atoms with Crippen molar-refractivity contribution in [1.29, 1.82) is 0 Å². The Bertz CT molecular complexity index is 778. The molecular weight excluding hydrogens is 354 g/mol. The van der Waals surface area contributed by atoms with E-state index in [2.05, 4.69) is 10.6 Å². The van der Waals surface area contributed by atoms with Crippen molar-refractivity contribution in [3.8, 4) is 5.75 Å². The third-order valence-electron chi connectivity index (χ3n) is 3.77. The fourth-order valence-electron chi connectivity index (χ4n) is 2.41.